The molecule has 1 aliphatic rings. The zero-order valence-electron chi connectivity index (χ0n) is 10.3. The Kier molecular flexibility index (Phi) is 3.96. The second-order valence-corrected chi connectivity index (χ2v) is 6.62. The number of aromatic nitrogens is 1. The van der Waals surface area contributed by atoms with Gasteiger partial charge in [0.2, 0.25) is 0 Å². The molecule has 1 fully saturated rings. The van der Waals surface area contributed by atoms with E-state index in [2.05, 4.69) is 26.2 Å². The zero-order valence-corrected chi connectivity index (χ0v) is 12.7. The van der Waals surface area contributed by atoms with Gasteiger partial charge in [0.25, 0.3) is 0 Å². The number of hydrogen-bond acceptors (Lipinski definition) is 3. The number of benzene rings is 1. The van der Waals surface area contributed by atoms with E-state index >= 15 is 0 Å². The molecule has 0 radical (unpaired) electrons. The highest BCUT2D eigenvalue weighted by atomic mass is 79.9. The van der Waals surface area contributed by atoms with Crippen LogP contribution in [0.4, 0.5) is 4.39 Å². The molecule has 0 bridgehead atoms. The number of thiazole rings is 1. The molecule has 1 aliphatic carbocycles. The van der Waals surface area contributed by atoms with Crippen molar-refractivity contribution >= 4 is 27.3 Å². The molecule has 1 aromatic carbocycles. The molecule has 1 N–H and O–H groups in total. The van der Waals surface area contributed by atoms with Gasteiger partial charge in [-0.25, -0.2) is 9.37 Å². The summed E-state index contributed by atoms with van der Waals surface area (Å²) < 4.78 is 13.8. The van der Waals surface area contributed by atoms with Crippen LogP contribution in [0.5, 0.6) is 0 Å². The lowest BCUT2D eigenvalue weighted by Gasteiger charge is -2.01. The predicted octanol–water partition coefficient (Wildman–Crippen LogP) is 4.21. The second kappa shape index (κ2) is 5.69. The van der Waals surface area contributed by atoms with E-state index in [4.69, 9.17) is 0 Å². The van der Waals surface area contributed by atoms with Crippen molar-refractivity contribution in [2.24, 2.45) is 5.92 Å². The maximum absolute atomic E-state index is 13.1. The number of nitrogens with zero attached hydrogens (tertiary/aromatic N) is 1. The van der Waals surface area contributed by atoms with E-state index in [9.17, 15) is 4.39 Å². The molecule has 100 valence electrons. The van der Waals surface area contributed by atoms with Crippen LogP contribution in [-0.4, -0.2) is 11.5 Å². The summed E-state index contributed by atoms with van der Waals surface area (Å²) in [4.78, 5) is 4.59. The molecular formula is C14H14BrFN2S. The van der Waals surface area contributed by atoms with Crippen molar-refractivity contribution in [3.8, 4) is 11.3 Å². The quantitative estimate of drug-likeness (QED) is 0.881. The topological polar surface area (TPSA) is 24.9 Å². The summed E-state index contributed by atoms with van der Waals surface area (Å²) in [5.41, 5.74) is 1.84. The van der Waals surface area contributed by atoms with Crippen LogP contribution in [0.3, 0.4) is 0 Å². The lowest BCUT2D eigenvalue weighted by atomic mass is 10.2. The first kappa shape index (κ1) is 13.2. The maximum atomic E-state index is 13.1. The first-order valence-corrected chi connectivity index (χ1v) is 8.00. The van der Waals surface area contributed by atoms with Gasteiger partial charge in [-0.2, -0.15) is 0 Å². The molecule has 0 unspecified atom stereocenters. The van der Waals surface area contributed by atoms with Crippen LogP contribution >= 0.6 is 27.3 Å². The van der Waals surface area contributed by atoms with Gasteiger partial charge >= 0.3 is 0 Å². The van der Waals surface area contributed by atoms with Gasteiger partial charge in [0, 0.05) is 22.0 Å². The minimum atomic E-state index is -0.239. The fraction of sp³-hybridized carbons (Fsp3) is 0.357. The van der Waals surface area contributed by atoms with E-state index in [-0.39, 0.29) is 5.82 Å². The smallest absolute Gasteiger partial charge is 0.124 e. The van der Waals surface area contributed by atoms with Crippen LogP contribution < -0.4 is 5.32 Å². The molecule has 0 amide bonds. The van der Waals surface area contributed by atoms with E-state index < -0.39 is 0 Å². The normalized spacial score (nSPS) is 14.8. The van der Waals surface area contributed by atoms with Gasteiger partial charge < -0.3 is 5.32 Å². The molecule has 1 saturated carbocycles. The van der Waals surface area contributed by atoms with Crippen LogP contribution in [0.1, 0.15) is 17.8 Å². The molecule has 0 spiro atoms. The fourth-order valence-electron chi connectivity index (χ4n) is 1.92. The molecule has 5 heteroatoms. The maximum Gasteiger partial charge on any atom is 0.124 e. The van der Waals surface area contributed by atoms with Crippen molar-refractivity contribution in [2.45, 2.75) is 19.4 Å². The van der Waals surface area contributed by atoms with E-state index in [1.165, 1.54) is 25.0 Å². The Morgan fingerprint density at radius 1 is 1.42 bits per heavy atom. The highest BCUT2D eigenvalue weighted by Gasteiger charge is 2.20. The SMILES string of the molecule is Fc1ccc(-c2csc(CNCC3CC3)n2)c(Br)c1. The third-order valence-electron chi connectivity index (χ3n) is 3.16. The van der Waals surface area contributed by atoms with Crippen LogP contribution in [0, 0.1) is 11.7 Å². The van der Waals surface area contributed by atoms with Gasteiger partial charge in [-0.05, 0) is 59.4 Å². The van der Waals surface area contributed by atoms with Crippen molar-refractivity contribution in [3.05, 3.63) is 38.9 Å². The molecule has 0 atom stereocenters. The minimum Gasteiger partial charge on any atom is -0.310 e. The lowest BCUT2D eigenvalue weighted by molar-refractivity contribution is 0.627. The minimum absolute atomic E-state index is 0.239. The predicted molar refractivity (Wildman–Crippen MR) is 79.6 cm³/mol. The molecular weight excluding hydrogens is 327 g/mol. The molecule has 2 nitrogen and oxygen atoms in total. The Hall–Kier alpha value is -0.780. The number of nitrogens with one attached hydrogen (secondary N) is 1. The Balaban J connectivity index is 1.68. The summed E-state index contributed by atoms with van der Waals surface area (Å²) in [7, 11) is 0. The van der Waals surface area contributed by atoms with Crippen LogP contribution in [0.25, 0.3) is 11.3 Å². The standard InChI is InChI=1S/C14H14BrFN2S/c15-12-5-10(16)3-4-11(12)13-8-19-14(18-13)7-17-6-9-1-2-9/h3-5,8-9,17H,1-2,6-7H2. The van der Waals surface area contributed by atoms with Crippen LogP contribution in [0.15, 0.2) is 28.1 Å². The summed E-state index contributed by atoms with van der Waals surface area (Å²) in [6.45, 7) is 1.91. The largest absolute Gasteiger partial charge is 0.310 e. The van der Waals surface area contributed by atoms with Gasteiger partial charge in [0.05, 0.1) is 5.69 Å². The average Bonchev–Trinajstić information content (AvgIpc) is 3.07. The number of halogens is 2. The summed E-state index contributed by atoms with van der Waals surface area (Å²) in [5, 5.41) is 6.52. The first-order valence-electron chi connectivity index (χ1n) is 6.33. The lowest BCUT2D eigenvalue weighted by Crippen LogP contribution is -2.15. The molecule has 3 rings (SSSR count). The van der Waals surface area contributed by atoms with Crippen molar-refractivity contribution in [1.29, 1.82) is 0 Å². The van der Waals surface area contributed by atoms with Gasteiger partial charge in [0.1, 0.15) is 10.8 Å². The van der Waals surface area contributed by atoms with Crippen molar-refractivity contribution in [2.75, 3.05) is 6.54 Å². The Morgan fingerprint density at radius 2 is 2.26 bits per heavy atom. The summed E-state index contributed by atoms with van der Waals surface area (Å²) >= 11 is 5.02. The van der Waals surface area contributed by atoms with E-state index in [1.54, 1.807) is 17.4 Å². The van der Waals surface area contributed by atoms with Gasteiger partial charge in [-0.3, -0.25) is 0 Å². The average molecular weight is 341 g/mol. The van der Waals surface area contributed by atoms with Gasteiger partial charge in [-0.1, -0.05) is 0 Å². The molecule has 0 aliphatic heterocycles. The molecule has 2 aromatic rings. The van der Waals surface area contributed by atoms with Gasteiger partial charge in [0.15, 0.2) is 0 Å². The second-order valence-electron chi connectivity index (χ2n) is 4.82. The molecule has 1 heterocycles. The third-order valence-corrected chi connectivity index (χ3v) is 4.67. The van der Waals surface area contributed by atoms with Crippen molar-refractivity contribution in [1.82, 2.24) is 10.3 Å². The Morgan fingerprint density at radius 3 is 3.00 bits per heavy atom. The van der Waals surface area contributed by atoms with Gasteiger partial charge in [-0.15, -0.1) is 11.3 Å². The Bertz CT molecular complexity index is 581. The van der Waals surface area contributed by atoms with Crippen LogP contribution in [-0.2, 0) is 6.54 Å². The fourth-order valence-corrected chi connectivity index (χ4v) is 3.24. The monoisotopic (exact) mass is 340 g/mol. The molecule has 0 saturated heterocycles. The zero-order chi connectivity index (χ0) is 13.2. The third kappa shape index (κ3) is 3.41. The number of rotatable bonds is 5. The first-order chi connectivity index (χ1) is 9.22. The van der Waals surface area contributed by atoms with E-state index in [1.807, 2.05) is 5.38 Å². The van der Waals surface area contributed by atoms with E-state index in [0.29, 0.717) is 0 Å². The van der Waals surface area contributed by atoms with Crippen molar-refractivity contribution in [3.63, 3.8) is 0 Å². The van der Waals surface area contributed by atoms with E-state index in [0.717, 1.165) is 39.7 Å². The number of hydrogen-bond donors (Lipinski definition) is 1. The Labute approximate surface area is 124 Å². The van der Waals surface area contributed by atoms with Crippen molar-refractivity contribution < 1.29 is 4.39 Å². The summed E-state index contributed by atoms with van der Waals surface area (Å²) in [5.74, 6) is 0.642. The molecule has 1 aromatic heterocycles. The molecule has 19 heavy (non-hydrogen) atoms. The summed E-state index contributed by atoms with van der Waals surface area (Å²) in [6, 6.07) is 4.69. The highest BCUT2D eigenvalue weighted by Crippen LogP contribution is 2.30. The van der Waals surface area contributed by atoms with Crippen LogP contribution in [0.2, 0.25) is 0 Å². The summed E-state index contributed by atoms with van der Waals surface area (Å²) in [6.07, 6.45) is 2.72. The highest BCUT2D eigenvalue weighted by molar-refractivity contribution is 9.10.